The van der Waals surface area contributed by atoms with E-state index >= 15 is 0 Å². The molecular formula is C15H14BrClO3. The summed E-state index contributed by atoms with van der Waals surface area (Å²) in [4.78, 5) is 0. The second-order valence-electron chi connectivity index (χ2n) is 4.04. The molecule has 0 aromatic heterocycles. The van der Waals surface area contributed by atoms with E-state index in [0.717, 1.165) is 11.3 Å². The Hall–Kier alpha value is -1.39. The molecule has 0 amide bonds. The lowest BCUT2D eigenvalue weighted by Crippen LogP contribution is -1.92. The topological polar surface area (TPSA) is 27.7 Å². The summed E-state index contributed by atoms with van der Waals surface area (Å²) >= 11 is 9.40. The van der Waals surface area contributed by atoms with Crippen molar-refractivity contribution >= 4 is 27.5 Å². The van der Waals surface area contributed by atoms with E-state index in [1.165, 1.54) is 0 Å². The van der Waals surface area contributed by atoms with Crippen LogP contribution in [0.25, 0.3) is 0 Å². The average molecular weight is 358 g/mol. The molecule has 0 heterocycles. The Morgan fingerprint density at radius 1 is 0.950 bits per heavy atom. The van der Waals surface area contributed by atoms with Crippen LogP contribution in [0.15, 0.2) is 36.4 Å². The lowest BCUT2D eigenvalue weighted by Gasteiger charge is -2.12. The highest BCUT2D eigenvalue weighted by Crippen LogP contribution is 2.33. The number of ether oxygens (including phenoxy) is 3. The van der Waals surface area contributed by atoms with E-state index in [0.29, 0.717) is 27.6 Å². The Kier molecular flexibility index (Phi) is 5.15. The van der Waals surface area contributed by atoms with Crippen LogP contribution in [0.2, 0.25) is 5.02 Å². The van der Waals surface area contributed by atoms with E-state index in [-0.39, 0.29) is 0 Å². The Morgan fingerprint density at radius 2 is 1.55 bits per heavy atom. The molecule has 2 aromatic rings. The Bertz CT molecular complexity index is 579. The van der Waals surface area contributed by atoms with Crippen LogP contribution in [-0.2, 0) is 5.33 Å². The molecule has 0 aliphatic carbocycles. The van der Waals surface area contributed by atoms with Crippen molar-refractivity contribution in [3.05, 3.63) is 47.0 Å². The largest absolute Gasteiger partial charge is 0.496 e. The first kappa shape index (κ1) is 15.0. The van der Waals surface area contributed by atoms with Gasteiger partial charge in [-0.3, -0.25) is 0 Å². The Morgan fingerprint density at radius 3 is 2.10 bits per heavy atom. The molecule has 0 fully saturated rings. The number of methoxy groups -OCH3 is 2. The van der Waals surface area contributed by atoms with Gasteiger partial charge in [0.15, 0.2) is 0 Å². The normalized spacial score (nSPS) is 10.2. The van der Waals surface area contributed by atoms with E-state index in [1.54, 1.807) is 38.5 Å². The Labute approximate surface area is 131 Å². The highest BCUT2D eigenvalue weighted by Gasteiger charge is 2.08. The summed E-state index contributed by atoms with van der Waals surface area (Å²) in [6.45, 7) is 0. The molecule has 0 aliphatic heterocycles. The molecule has 3 nitrogen and oxygen atoms in total. The van der Waals surface area contributed by atoms with Crippen molar-refractivity contribution < 1.29 is 14.2 Å². The van der Waals surface area contributed by atoms with Gasteiger partial charge in [0.1, 0.15) is 23.0 Å². The molecule has 0 saturated carbocycles. The molecule has 0 atom stereocenters. The van der Waals surface area contributed by atoms with Crippen LogP contribution in [0.4, 0.5) is 0 Å². The van der Waals surface area contributed by atoms with Gasteiger partial charge >= 0.3 is 0 Å². The second-order valence-corrected chi connectivity index (χ2v) is 5.03. The molecule has 0 unspecified atom stereocenters. The minimum atomic E-state index is 0.644. The number of hydrogen-bond donors (Lipinski definition) is 0. The maximum atomic E-state index is 5.98. The maximum absolute atomic E-state index is 5.98. The third-order valence-corrected chi connectivity index (χ3v) is 3.56. The van der Waals surface area contributed by atoms with E-state index in [1.807, 2.05) is 12.1 Å². The van der Waals surface area contributed by atoms with Crippen molar-refractivity contribution in [2.75, 3.05) is 14.2 Å². The summed E-state index contributed by atoms with van der Waals surface area (Å²) in [5, 5.41) is 1.33. The summed E-state index contributed by atoms with van der Waals surface area (Å²) in [6, 6.07) is 10.9. The molecule has 0 radical (unpaired) electrons. The zero-order valence-corrected chi connectivity index (χ0v) is 13.5. The molecule has 0 spiro atoms. The van der Waals surface area contributed by atoms with Crippen molar-refractivity contribution in [3.8, 4) is 23.0 Å². The predicted octanol–water partition coefficient (Wildman–Crippen LogP) is 5.04. The minimum Gasteiger partial charge on any atom is -0.496 e. The monoisotopic (exact) mass is 356 g/mol. The molecule has 0 N–H and O–H groups in total. The van der Waals surface area contributed by atoms with Crippen LogP contribution in [0, 0.1) is 0 Å². The van der Waals surface area contributed by atoms with Gasteiger partial charge in [-0.2, -0.15) is 0 Å². The first-order chi connectivity index (χ1) is 9.66. The number of benzene rings is 2. The van der Waals surface area contributed by atoms with Crippen LogP contribution >= 0.6 is 27.5 Å². The summed E-state index contributed by atoms with van der Waals surface area (Å²) in [7, 11) is 3.20. The van der Waals surface area contributed by atoms with Crippen LogP contribution in [0.1, 0.15) is 5.56 Å². The Balaban J connectivity index is 2.34. The first-order valence-electron chi connectivity index (χ1n) is 5.91. The van der Waals surface area contributed by atoms with Gasteiger partial charge in [0.25, 0.3) is 0 Å². The van der Waals surface area contributed by atoms with E-state index in [2.05, 4.69) is 15.9 Å². The van der Waals surface area contributed by atoms with Crippen LogP contribution in [0.5, 0.6) is 23.0 Å². The van der Waals surface area contributed by atoms with Crippen LogP contribution in [0.3, 0.4) is 0 Å². The van der Waals surface area contributed by atoms with E-state index < -0.39 is 0 Å². The lowest BCUT2D eigenvalue weighted by atomic mass is 10.2. The molecule has 0 bridgehead atoms. The highest BCUT2D eigenvalue weighted by molar-refractivity contribution is 9.08. The van der Waals surface area contributed by atoms with E-state index in [9.17, 15) is 0 Å². The smallest absolute Gasteiger partial charge is 0.134 e. The highest BCUT2D eigenvalue weighted by atomic mass is 79.9. The van der Waals surface area contributed by atoms with Gasteiger partial charge in [0.2, 0.25) is 0 Å². The molecule has 5 heteroatoms. The fourth-order valence-corrected chi connectivity index (χ4v) is 2.35. The van der Waals surface area contributed by atoms with Crippen molar-refractivity contribution in [1.82, 2.24) is 0 Å². The molecule has 20 heavy (non-hydrogen) atoms. The number of alkyl halides is 1. The quantitative estimate of drug-likeness (QED) is 0.701. The van der Waals surface area contributed by atoms with Crippen LogP contribution < -0.4 is 14.2 Å². The maximum Gasteiger partial charge on any atom is 0.134 e. The van der Waals surface area contributed by atoms with Gasteiger partial charge < -0.3 is 14.2 Å². The van der Waals surface area contributed by atoms with Crippen molar-refractivity contribution in [3.63, 3.8) is 0 Å². The van der Waals surface area contributed by atoms with Crippen molar-refractivity contribution in [2.45, 2.75) is 5.33 Å². The van der Waals surface area contributed by atoms with Crippen molar-refractivity contribution in [2.24, 2.45) is 0 Å². The third-order valence-electron chi connectivity index (χ3n) is 2.72. The molecule has 2 aromatic carbocycles. The SMILES string of the molecule is COc1cc(OC)cc(Oc2ccc(Cl)cc2CBr)c1. The summed E-state index contributed by atoms with van der Waals surface area (Å²) in [5.41, 5.74) is 0.972. The lowest BCUT2D eigenvalue weighted by molar-refractivity contribution is 0.386. The third kappa shape index (κ3) is 3.58. The summed E-state index contributed by atoms with van der Waals surface area (Å²) in [6.07, 6.45) is 0. The zero-order valence-electron chi connectivity index (χ0n) is 11.2. The molecule has 0 aliphatic rings. The van der Waals surface area contributed by atoms with Gasteiger partial charge in [-0.05, 0) is 18.2 Å². The zero-order chi connectivity index (χ0) is 14.5. The fourth-order valence-electron chi connectivity index (χ4n) is 1.72. The van der Waals surface area contributed by atoms with Crippen molar-refractivity contribution in [1.29, 1.82) is 0 Å². The minimum absolute atomic E-state index is 0.644. The average Bonchev–Trinajstić information content (AvgIpc) is 2.48. The predicted molar refractivity (Wildman–Crippen MR) is 83.7 cm³/mol. The molecule has 0 saturated heterocycles. The van der Waals surface area contributed by atoms with Gasteiger partial charge in [-0.1, -0.05) is 27.5 Å². The molecule has 2 rings (SSSR count). The first-order valence-corrected chi connectivity index (χ1v) is 7.41. The van der Waals surface area contributed by atoms with Gasteiger partial charge in [0, 0.05) is 34.1 Å². The standard InChI is InChI=1S/C15H14BrClO3/c1-18-12-6-13(19-2)8-14(7-12)20-15-4-3-11(17)5-10(15)9-16/h3-8H,9H2,1-2H3. The van der Waals surface area contributed by atoms with Gasteiger partial charge in [-0.15, -0.1) is 0 Å². The number of rotatable bonds is 5. The van der Waals surface area contributed by atoms with Crippen LogP contribution in [-0.4, -0.2) is 14.2 Å². The number of halogens is 2. The molecular weight excluding hydrogens is 344 g/mol. The fraction of sp³-hybridized carbons (Fsp3) is 0.200. The van der Waals surface area contributed by atoms with Gasteiger partial charge in [-0.25, -0.2) is 0 Å². The van der Waals surface area contributed by atoms with E-state index in [4.69, 9.17) is 25.8 Å². The van der Waals surface area contributed by atoms with Gasteiger partial charge in [0.05, 0.1) is 14.2 Å². The summed E-state index contributed by atoms with van der Waals surface area (Å²) < 4.78 is 16.3. The number of hydrogen-bond acceptors (Lipinski definition) is 3. The summed E-state index contributed by atoms with van der Waals surface area (Å²) in [5.74, 6) is 2.73. The molecule has 106 valence electrons. The second kappa shape index (κ2) is 6.86.